The number of carboxylic acids is 1. The number of urea groups is 1. The van der Waals surface area contributed by atoms with Crippen LogP contribution in [0, 0.1) is 0 Å². The summed E-state index contributed by atoms with van der Waals surface area (Å²) in [7, 11) is 0. The summed E-state index contributed by atoms with van der Waals surface area (Å²) in [5.74, 6) is -0.482. The molecular formula is C13H17BrN2O3S2. The van der Waals surface area contributed by atoms with Crippen molar-refractivity contribution in [3.8, 4) is 0 Å². The van der Waals surface area contributed by atoms with E-state index in [-0.39, 0.29) is 11.4 Å². The van der Waals surface area contributed by atoms with Gasteiger partial charge in [0.1, 0.15) is 6.04 Å². The van der Waals surface area contributed by atoms with Crippen molar-refractivity contribution in [3.63, 3.8) is 0 Å². The number of nitrogens with one attached hydrogen (secondary N) is 1. The first kappa shape index (κ1) is 16.6. The van der Waals surface area contributed by atoms with E-state index >= 15 is 0 Å². The molecule has 2 atom stereocenters. The molecule has 0 saturated carbocycles. The zero-order chi connectivity index (χ0) is 15.4. The van der Waals surface area contributed by atoms with Gasteiger partial charge < -0.3 is 10.4 Å². The molecule has 8 heteroatoms. The molecule has 0 aliphatic carbocycles. The number of halogens is 1. The van der Waals surface area contributed by atoms with Crippen LogP contribution in [0.25, 0.3) is 0 Å². The number of hydrogen-bond acceptors (Lipinski definition) is 4. The number of amides is 2. The van der Waals surface area contributed by atoms with E-state index in [4.69, 9.17) is 0 Å². The second-order valence-corrected chi connectivity index (χ2v) is 7.75. The zero-order valence-corrected chi connectivity index (χ0v) is 14.8. The number of aliphatic carboxylic acids is 1. The third-order valence-corrected chi connectivity index (χ3v) is 6.52. The molecular weight excluding hydrogens is 376 g/mol. The maximum atomic E-state index is 12.4. The van der Waals surface area contributed by atoms with E-state index in [0.29, 0.717) is 12.3 Å². The van der Waals surface area contributed by atoms with E-state index in [1.165, 1.54) is 4.90 Å². The highest BCUT2D eigenvalue weighted by molar-refractivity contribution is 9.10. The van der Waals surface area contributed by atoms with Crippen molar-refractivity contribution < 1.29 is 14.7 Å². The van der Waals surface area contributed by atoms with Crippen molar-refractivity contribution >= 4 is 51.0 Å². The van der Waals surface area contributed by atoms with Crippen molar-refractivity contribution in [1.29, 1.82) is 0 Å². The predicted molar refractivity (Wildman–Crippen MR) is 88.7 cm³/mol. The smallest absolute Gasteiger partial charge is 0.327 e. The maximum absolute atomic E-state index is 12.4. The van der Waals surface area contributed by atoms with Crippen LogP contribution in [0.2, 0.25) is 0 Å². The lowest BCUT2D eigenvalue weighted by Crippen LogP contribution is -2.49. The van der Waals surface area contributed by atoms with Crippen LogP contribution in [0.15, 0.2) is 15.9 Å². The first-order valence-electron chi connectivity index (χ1n) is 6.67. The van der Waals surface area contributed by atoms with Gasteiger partial charge in [-0.05, 0) is 33.8 Å². The number of nitrogens with zero attached hydrogens (tertiary/aromatic N) is 1. The summed E-state index contributed by atoms with van der Waals surface area (Å²) in [5.41, 5.74) is 0. The molecule has 116 valence electrons. The highest BCUT2D eigenvalue weighted by Crippen LogP contribution is 2.32. The molecule has 2 heterocycles. The Morgan fingerprint density at radius 2 is 2.33 bits per heavy atom. The number of carbonyl (C=O) groups is 2. The minimum Gasteiger partial charge on any atom is -0.480 e. The quantitative estimate of drug-likeness (QED) is 0.805. The standard InChI is InChI=1S/C13H17BrN2O3S2/c1-2-3-11-16(9(7-21-11)12(17)18)13(19)15-6-10-8(14)4-5-20-10/h4-5,9,11H,2-3,6-7H2,1H3,(H,15,19)(H,17,18). The molecule has 21 heavy (non-hydrogen) atoms. The van der Waals surface area contributed by atoms with Crippen molar-refractivity contribution in [1.82, 2.24) is 10.2 Å². The molecule has 5 nitrogen and oxygen atoms in total. The molecule has 1 aliphatic heterocycles. The second kappa shape index (κ2) is 7.51. The Kier molecular flexibility index (Phi) is 5.95. The molecule has 1 aromatic heterocycles. The number of thioether (sulfide) groups is 1. The van der Waals surface area contributed by atoms with Crippen LogP contribution in [0.3, 0.4) is 0 Å². The van der Waals surface area contributed by atoms with Gasteiger partial charge in [-0.3, -0.25) is 4.90 Å². The van der Waals surface area contributed by atoms with Gasteiger partial charge >= 0.3 is 12.0 Å². The van der Waals surface area contributed by atoms with E-state index in [1.807, 2.05) is 18.4 Å². The summed E-state index contributed by atoms with van der Waals surface area (Å²) >= 11 is 6.51. The highest BCUT2D eigenvalue weighted by Gasteiger charge is 2.41. The highest BCUT2D eigenvalue weighted by atomic mass is 79.9. The molecule has 2 N–H and O–H groups in total. The molecule has 1 saturated heterocycles. The van der Waals surface area contributed by atoms with E-state index in [2.05, 4.69) is 21.2 Å². The summed E-state index contributed by atoms with van der Waals surface area (Å²) in [6.07, 6.45) is 1.73. The molecule has 2 unspecified atom stereocenters. The van der Waals surface area contributed by atoms with Gasteiger partial charge in [0.05, 0.1) is 11.9 Å². The summed E-state index contributed by atoms with van der Waals surface area (Å²) in [4.78, 5) is 26.2. The minimum atomic E-state index is -0.937. The van der Waals surface area contributed by atoms with Crippen molar-refractivity contribution in [3.05, 3.63) is 20.8 Å². The fourth-order valence-electron chi connectivity index (χ4n) is 2.19. The summed E-state index contributed by atoms with van der Waals surface area (Å²) < 4.78 is 0.962. The van der Waals surface area contributed by atoms with Crippen molar-refractivity contribution in [2.45, 2.75) is 37.7 Å². The van der Waals surface area contributed by atoms with Gasteiger partial charge in [-0.25, -0.2) is 9.59 Å². The lowest BCUT2D eigenvalue weighted by atomic mass is 10.2. The van der Waals surface area contributed by atoms with Crippen LogP contribution in [0.1, 0.15) is 24.6 Å². The predicted octanol–water partition coefficient (Wildman–Crippen LogP) is 3.35. The number of hydrogen-bond donors (Lipinski definition) is 2. The van der Waals surface area contributed by atoms with Crippen LogP contribution in [0.4, 0.5) is 4.79 Å². The largest absolute Gasteiger partial charge is 0.480 e. The van der Waals surface area contributed by atoms with E-state index in [9.17, 15) is 14.7 Å². The molecule has 1 fully saturated rings. The van der Waals surface area contributed by atoms with Gasteiger partial charge in [0.15, 0.2) is 0 Å². The number of thiophene rings is 1. The first-order valence-corrected chi connectivity index (χ1v) is 9.39. The van der Waals surface area contributed by atoms with Crippen LogP contribution >= 0.6 is 39.0 Å². The maximum Gasteiger partial charge on any atom is 0.327 e. The van der Waals surface area contributed by atoms with Crippen LogP contribution < -0.4 is 5.32 Å². The molecule has 2 rings (SSSR count). The van der Waals surface area contributed by atoms with Crippen LogP contribution in [-0.2, 0) is 11.3 Å². The van der Waals surface area contributed by atoms with Crippen LogP contribution in [0.5, 0.6) is 0 Å². The Labute approximate surface area is 140 Å². The Balaban J connectivity index is 2.02. The zero-order valence-electron chi connectivity index (χ0n) is 11.5. The molecule has 1 aliphatic rings. The van der Waals surface area contributed by atoms with Gasteiger partial charge in [-0.1, -0.05) is 13.3 Å². The Morgan fingerprint density at radius 3 is 2.90 bits per heavy atom. The monoisotopic (exact) mass is 392 g/mol. The van der Waals surface area contributed by atoms with Crippen molar-refractivity contribution in [2.75, 3.05) is 5.75 Å². The summed E-state index contributed by atoms with van der Waals surface area (Å²) in [6, 6.07) is 0.891. The normalized spacial score (nSPS) is 21.5. The third kappa shape index (κ3) is 3.92. The Bertz CT molecular complexity index is 523. The SMILES string of the molecule is CCCC1SCC(C(=O)O)N1C(=O)NCc1sccc1Br. The van der Waals surface area contributed by atoms with E-state index in [1.54, 1.807) is 23.1 Å². The number of carboxylic acid groups (broad SMARTS) is 1. The Hall–Kier alpha value is -0.730. The summed E-state index contributed by atoms with van der Waals surface area (Å²) in [5, 5.41) is 14.0. The fourth-order valence-corrected chi connectivity index (χ4v) is 5.14. The van der Waals surface area contributed by atoms with Gasteiger partial charge in [-0.2, -0.15) is 0 Å². The molecule has 0 spiro atoms. The number of rotatable bonds is 5. The minimum absolute atomic E-state index is 0.0529. The van der Waals surface area contributed by atoms with E-state index < -0.39 is 12.0 Å². The Morgan fingerprint density at radius 1 is 1.57 bits per heavy atom. The van der Waals surface area contributed by atoms with Gasteiger partial charge in [0, 0.05) is 15.1 Å². The second-order valence-electron chi connectivity index (χ2n) is 4.69. The lowest BCUT2D eigenvalue weighted by Gasteiger charge is -2.27. The van der Waals surface area contributed by atoms with E-state index in [0.717, 1.165) is 22.2 Å². The average molecular weight is 393 g/mol. The lowest BCUT2D eigenvalue weighted by molar-refractivity contribution is -0.141. The molecule has 0 bridgehead atoms. The molecule has 0 aromatic carbocycles. The third-order valence-electron chi connectivity index (χ3n) is 3.24. The topological polar surface area (TPSA) is 69.6 Å². The van der Waals surface area contributed by atoms with Crippen LogP contribution in [-0.4, -0.2) is 39.2 Å². The average Bonchev–Trinajstić information content (AvgIpc) is 3.03. The molecule has 2 amide bonds. The molecule has 1 aromatic rings. The number of carbonyl (C=O) groups excluding carboxylic acids is 1. The van der Waals surface area contributed by atoms with Gasteiger partial charge in [-0.15, -0.1) is 23.1 Å². The fraction of sp³-hybridized carbons (Fsp3) is 0.538. The first-order chi connectivity index (χ1) is 10.0. The van der Waals surface area contributed by atoms with Gasteiger partial charge in [0.25, 0.3) is 0 Å². The summed E-state index contributed by atoms with van der Waals surface area (Å²) in [6.45, 7) is 2.44. The van der Waals surface area contributed by atoms with Gasteiger partial charge in [0.2, 0.25) is 0 Å². The van der Waals surface area contributed by atoms with Crippen molar-refractivity contribution in [2.24, 2.45) is 0 Å². The molecule has 0 radical (unpaired) electrons.